The summed E-state index contributed by atoms with van der Waals surface area (Å²) in [6.45, 7) is 7.39. The van der Waals surface area contributed by atoms with Crippen LogP contribution in [-0.4, -0.2) is 39.0 Å². The van der Waals surface area contributed by atoms with Crippen molar-refractivity contribution in [2.24, 2.45) is 17.8 Å². The average molecular weight is 255 g/mol. The van der Waals surface area contributed by atoms with Crippen LogP contribution in [0.5, 0.6) is 0 Å². The third-order valence-electron chi connectivity index (χ3n) is 4.97. The van der Waals surface area contributed by atoms with Crippen LogP contribution in [0.15, 0.2) is 0 Å². The fourth-order valence-corrected chi connectivity index (χ4v) is 3.21. The van der Waals surface area contributed by atoms with Gasteiger partial charge in [0.2, 0.25) is 0 Å². The van der Waals surface area contributed by atoms with E-state index in [1.807, 2.05) is 7.05 Å². The second kappa shape index (κ2) is 6.88. The van der Waals surface area contributed by atoms with Crippen LogP contribution in [-0.2, 0) is 9.47 Å². The maximum Gasteiger partial charge on any atom is 0.0626 e. The summed E-state index contributed by atoms with van der Waals surface area (Å²) in [5, 5.41) is 3.40. The fraction of sp³-hybridized carbons (Fsp3) is 1.00. The minimum atomic E-state index is 0.460. The summed E-state index contributed by atoms with van der Waals surface area (Å²) < 4.78 is 11.6. The summed E-state index contributed by atoms with van der Waals surface area (Å²) in [7, 11) is 2.04. The molecule has 0 aromatic heterocycles. The first-order chi connectivity index (χ1) is 8.70. The third-order valence-corrected chi connectivity index (χ3v) is 4.97. The Morgan fingerprint density at radius 2 is 2.06 bits per heavy atom. The normalized spacial score (nSPS) is 38.8. The number of hydrogen-bond acceptors (Lipinski definition) is 3. The molecular weight excluding hydrogens is 226 g/mol. The van der Waals surface area contributed by atoms with Crippen molar-refractivity contribution in [1.29, 1.82) is 0 Å². The van der Waals surface area contributed by atoms with Crippen LogP contribution in [0.3, 0.4) is 0 Å². The van der Waals surface area contributed by atoms with Gasteiger partial charge >= 0.3 is 0 Å². The zero-order chi connectivity index (χ0) is 13.0. The van der Waals surface area contributed by atoms with E-state index >= 15 is 0 Å². The van der Waals surface area contributed by atoms with Gasteiger partial charge in [-0.3, -0.25) is 0 Å². The van der Waals surface area contributed by atoms with Crippen molar-refractivity contribution in [3.05, 3.63) is 0 Å². The Balaban J connectivity index is 1.72. The van der Waals surface area contributed by atoms with Gasteiger partial charge in [0.15, 0.2) is 0 Å². The Labute approximate surface area is 112 Å². The van der Waals surface area contributed by atoms with Crippen LogP contribution in [0, 0.1) is 17.8 Å². The third kappa shape index (κ3) is 3.69. The fourth-order valence-electron chi connectivity index (χ4n) is 3.21. The molecule has 1 saturated heterocycles. The zero-order valence-corrected chi connectivity index (χ0v) is 12.2. The lowest BCUT2D eigenvalue weighted by Gasteiger charge is -2.33. The summed E-state index contributed by atoms with van der Waals surface area (Å²) in [4.78, 5) is 0. The van der Waals surface area contributed by atoms with E-state index in [4.69, 9.17) is 9.47 Å². The van der Waals surface area contributed by atoms with Gasteiger partial charge in [0.05, 0.1) is 19.3 Å². The smallest absolute Gasteiger partial charge is 0.0626 e. The Morgan fingerprint density at radius 3 is 2.67 bits per heavy atom. The number of rotatable bonds is 5. The standard InChI is InChI=1S/C15H29NO2/c1-11-4-5-14(8-12(11)2)18-10-15(16-3)13-6-7-17-9-13/h11-16H,4-10H2,1-3H3. The van der Waals surface area contributed by atoms with Crippen LogP contribution >= 0.6 is 0 Å². The number of likely N-dealkylation sites (N-methyl/N-ethyl adjacent to an activating group) is 1. The highest BCUT2D eigenvalue weighted by molar-refractivity contribution is 4.80. The molecule has 2 fully saturated rings. The quantitative estimate of drug-likeness (QED) is 0.818. The van der Waals surface area contributed by atoms with Gasteiger partial charge in [-0.2, -0.15) is 0 Å². The SMILES string of the molecule is CNC(COC1CCC(C)C(C)C1)C1CCOC1. The molecule has 0 aromatic carbocycles. The van der Waals surface area contributed by atoms with E-state index in [1.54, 1.807) is 0 Å². The molecule has 0 aromatic rings. The number of nitrogens with one attached hydrogen (secondary N) is 1. The first kappa shape index (κ1) is 14.3. The second-order valence-corrected chi connectivity index (χ2v) is 6.24. The van der Waals surface area contributed by atoms with Crippen LogP contribution < -0.4 is 5.32 Å². The van der Waals surface area contributed by atoms with Crippen LogP contribution in [0.2, 0.25) is 0 Å². The Morgan fingerprint density at radius 1 is 1.22 bits per heavy atom. The van der Waals surface area contributed by atoms with Crippen molar-refractivity contribution >= 4 is 0 Å². The molecule has 1 aliphatic carbocycles. The molecule has 0 bridgehead atoms. The van der Waals surface area contributed by atoms with Gasteiger partial charge in [0.1, 0.15) is 0 Å². The van der Waals surface area contributed by atoms with Crippen molar-refractivity contribution in [1.82, 2.24) is 5.32 Å². The predicted molar refractivity (Wildman–Crippen MR) is 73.7 cm³/mol. The monoisotopic (exact) mass is 255 g/mol. The topological polar surface area (TPSA) is 30.5 Å². The van der Waals surface area contributed by atoms with Crippen LogP contribution in [0.1, 0.15) is 39.5 Å². The molecule has 0 spiro atoms. The molecule has 0 radical (unpaired) electrons. The molecule has 2 aliphatic rings. The number of hydrogen-bond donors (Lipinski definition) is 1. The largest absolute Gasteiger partial charge is 0.381 e. The summed E-state index contributed by atoms with van der Waals surface area (Å²) in [6, 6.07) is 0.460. The van der Waals surface area contributed by atoms with E-state index in [2.05, 4.69) is 19.2 Å². The maximum absolute atomic E-state index is 6.15. The lowest BCUT2D eigenvalue weighted by molar-refractivity contribution is -0.0138. The predicted octanol–water partition coefficient (Wildman–Crippen LogP) is 2.45. The van der Waals surface area contributed by atoms with E-state index in [9.17, 15) is 0 Å². The highest BCUT2D eigenvalue weighted by Crippen LogP contribution is 2.31. The van der Waals surface area contributed by atoms with E-state index < -0.39 is 0 Å². The van der Waals surface area contributed by atoms with Crippen molar-refractivity contribution in [2.75, 3.05) is 26.9 Å². The van der Waals surface area contributed by atoms with E-state index in [-0.39, 0.29) is 0 Å². The van der Waals surface area contributed by atoms with Crippen molar-refractivity contribution in [2.45, 2.75) is 51.7 Å². The molecule has 5 unspecified atom stereocenters. The Hall–Kier alpha value is -0.120. The molecular formula is C15H29NO2. The number of ether oxygens (including phenoxy) is 2. The van der Waals surface area contributed by atoms with Gasteiger partial charge < -0.3 is 14.8 Å². The molecule has 2 rings (SSSR count). The first-order valence-corrected chi connectivity index (χ1v) is 7.57. The lowest BCUT2D eigenvalue weighted by Crippen LogP contribution is -2.40. The highest BCUT2D eigenvalue weighted by atomic mass is 16.5. The second-order valence-electron chi connectivity index (χ2n) is 6.24. The lowest BCUT2D eigenvalue weighted by atomic mass is 9.80. The molecule has 1 aliphatic heterocycles. The minimum absolute atomic E-state index is 0.460. The van der Waals surface area contributed by atoms with Crippen molar-refractivity contribution < 1.29 is 9.47 Å². The van der Waals surface area contributed by atoms with Crippen LogP contribution in [0.4, 0.5) is 0 Å². The van der Waals surface area contributed by atoms with Gasteiger partial charge in [-0.1, -0.05) is 13.8 Å². The Bertz CT molecular complexity index is 241. The maximum atomic E-state index is 6.15. The van der Waals surface area contributed by atoms with E-state index in [1.165, 1.54) is 25.7 Å². The molecule has 3 nitrogen and oxygen atoms in total. The molecule has 3 heteroatoms. The molecule has 106 valence electrons. The average Bonchev–Trinajstić information content (AvgIpc) is 2.88. The molecule has 1 N–H and O–H groups in total. The molecule has 1 saturated carbocycles. The molecule has 5 atom stereocenters. The zero-order valence-electron chi connectivity index (χ0n) is 12.2. The van der Waals surface area contributed by atoms with Crippen molar-refractivity contribution in [3.8, 4) is 0 Å². The Kier molecular flexibility index (Phi) is 5.46. The summed E-state index contributed by atoms with van der Waals surface area (Å²) in [5.41, 5.74) is 0. The molecule has 0 amide bonds. The van der Waals surface area contributed by atoms with Gasteiger partial charge in [-0.25, -0.2) is 0 Å². The van der Waals surface area contributed by atoms with Crippen molar-refractivity contribution in [3.63, 3.8) is 0 Å². The van der Waals surface area contributed by atoms with E-state index in [0.29, 0.717) is 18.1 Å². The summed E-state index contributed by atoms with van der Waals surface area (Å²) >= 11 is 0. The summed E-state index contributed by atoms with van der Waals surface area (Å²) in [5.74, 6) is 2.31. The van der Waals surface area contributed by atoms with Gasteiger partial charge in [0.25, 0.3) is 0 Å². The van der Waals surface area contributed by atoms with Gasteiger partial charge in [-0.15, -0.1) is 0 Å². The van der Waals surface area contributed by atoms with Crippen LogP contribution in [0.25, 0.3) is 0 Å². The first-order valence-electron chi connectivity index (χ1n) is 7.57. The van der Waals surface area contributed by atoms with Gasteiger partial charge in [0, 0.05) is 18.6 Å². The molecule has 1 heterocycles. The van der Waals surface area contributed by atoms with Gasteiger partial charge in [-0.05, 0) is 44.6 Å². The van der Waals surface area contributed by atoms with E-state index in [0.717, 1.165) is 31.7 Å². The minimum Gasteiger partial charge on any atom is -0.381 e. The molecule has 18 heavy (non-hydrogen) atoms. The summed E-state index contributed by atoms with van der Waals surface area (Å²) in [6.07, 6.45) is 5.45. The highest BCUT2D eigenvalue weighted by Gasteiger charge is 2.28.